The Kier molecular flexibility index (Phi) is 9.57. The summed E-state index contributed by atoms with van der Waals surface area (Å²) >= 11 is 18.6. The molecule has 14 heteroatoms. The maximum Gasteiger partial charge on any atom is 0.341 e. The van der Waals surface area contributed by atoms with Crippen molar-refractivity contribution >= 4 is 103 Å². The van der Waals surface area contributed by atoms with Crippen molar-refractivity contribution in [2.45, 2.75) is 13.8 Å². The van der Waals surface area contributed by atoms with Crippen LogP contribution in [-0.4, -0.2) is 56.9 Å². The van der Waals surface area contributed by atoms with Gasteiger partial charge in [0.25, 0.3) is 5.91 Å². The van der Waals surface area contributed by atoms with Crippen LogP contribution in [0, 0.1) is 0 Å². The van der Waals surface area contributed by atoms with Crippen LogP contribution in [-0.2, 0) is 23.9 Å². The number of carbonyl (C=O) groups is 3. The van der Waals surface area contributed by atoms with Gasteiger partial charge >= 0.3 is 11.9 Å². The number of thiazole rings is 1. The number of aromatic nitrogens is 1. The highest BCUT2D eigenvalue weighted by Gasteiger charge is 2.39. The molecule has 1 aromatic carbocycles. The molecule has 0 atom stereocenters. The van der Waals surface area contributed by atoms with Gasteiger partial charge in [-0.1, -0.05) is 35.6 Å². The van der Waals surface area contributed by atoms with Crippen LogP contribution in [0.3, 0.4) is 0 Å². The summed E-state index contributed by atoms with van der Waals surface area (Å²) in [6, 6.07) is 6.97. The number of thioether (sulfide) groups is 1. The van der Waals surface area contributed by atoms with Gasteiger partial charge in [-0.15, -0.1) is 11.3 Å². The summed E-state index contributed by atoms with van der Waals surface area (Å²) in [5.41, 5.74) is 0.888. The molecule has 0 saturated carbocycles. The van der Waals surface area contributed by atoms with E-state index in [-0.39, 0.29) is 45.4 Å². The lowest BCUT2D eigenvalue weighted by atomic mass is 10.2. The van der Waals surface area contributed by atoms with Crippen LogP contribution in [0.4, 0.5) is 10.8 Å². The van der Waals surface area contributed by atoms with Gasteiger partial charge in [-0.2, -0.15) is 0 Å². The number of carbonyl (C=O) groups excluding carboxylic acids is 3. The van der Waals surface area contributed by atoms with E-state index >= 15 is 0 Å². The first-order valence-corrected chi connectivity index (χ1v) is 13.0. The number of thiocarbonyl (C=S) groups is 2. The van der Waals surface area contributed by atoms with E-state index in [0.717, 1.165) is 22.3 Å². The third-order valence-corrected chi connectivity index (χ3v) is 6.89. The number of benzene rings is 1. The van der Waals surface area contributed by atoms with E-state index in [4.69, 9.17) is 45.5 Å². The molecule has 2 N–H and O–H groups in total. The van der Waals surface area contributed by atoms with Crippen LogP contribution in [0.2, 0.25) is 5.02 Å². The third-order valence-electron chi connectivity index (χ3n) is 4.23. The van der Waals surface area contributed by atoms with Crippen molar-refractivity contribution in [3.05, 3.63) is 45.3 Å². The molecule has 0 radical (unpaired) electrons. The van der Waals surface area contributed by atoms with Gasteiger partial charge in [0.1, 0.15) is 16.4 Å². The van der Waals surface area contributed by atoms with Gasteiger partial charge in [0.15, 0.2) is 10.2 Å². The Bertz CT molecular complexity index is 1200. The number of nitrogens with one attached hydrogen (secondary N) is 2. The van der Waals surface area contributed by atoms with Crippen LogP contribution in [0.15, 0.2) is 34.6 Å². The average molecular weight is 571 g/mol. The van der Waals surface area contributed by atoms with E-state index in [2.05, 4.69) is 15.6 Å². The summed E-state index contributed by atoms with van der Waals surface area (Å²) in [5, 5.41) is 8.79. The van der Waals surface area contributed by atoms with E-state index in [9.17, 15) is 14.4 Å². The smallest absolute Gasteiger partial charge is 0.341 e. The second kappa shape index (κ2) is 12.4. The molecule has 1 fully saturated rings. The average Bonchev–Trinajstić information content (AvgIpc) is 3.36. The minimum Gasteiger partial charge on any atom is -0.465 e. The number of halogens is 1. The molecule has 184 valence electrons. The van der Waals surface area contributed by atoms with Gasteiger partial charge in [0, 0.05) is 16.1 Å². The van der Waals surface area contributed by atoms with E-state index in [1.165, 1.54) is 11.3 Å². The summed E-state index contributed by atoms with van der Waals surface area (Å²) < 4.78 is 10.2. The summed E-state index contributed by atoms with van der Waals surface area (Å²) in [4.78, 5) is 43.3. The Hall–Kier alpha value is -2.58. The standard InChI is InChI=1S/C21H19ClN4O5S4/c1-3-30-14(27)9-26-17(28)16(35-21(26)33)15(18(29)31-4-2)13-10-34-20(24-13)25-19(32)23-12-7-5-11(22)6-8-12/h5-8,10H,3-4,9H2,1-2H3,(H2,23,24,25,32). The molecule has 2 aromatic rings. The lowest BCUT2D eigenvalue weighted by molar-refractivity contribution is -0.145. The number of rotatable bonds is 8. The predicted octanol–water partition coefficient (Wildman–Crippen LogP) is 4.30. The van der Waals surface area contributed by atoms with Crippen molar-refractivity contribution in [1.29, 1.82) is 0 Å². The minimum atomic E-state index is -0.733. The Morgan fingerprint density at radius 3 is 2.49 bits per heavy atom. The minimum absolute atomic E-state index is 0.0245. The predicted molar refractivity (Wildman–Crippen MR) is 145 cm³/mol. The third kappa shape index (κ3) is 6.98. The monoisotopic (exact) mass is 570 g/mol. The van der Waals surface area contributed by atoms with Crippen LogP contribution in [0.5, 0.6) is 0 Å². The molecular weight excluding hydrogens is 552 g/mol. The zero-order valence-electron chi connectivity index (χ0n) is 18.5. The van der Waals surface area contributed by atoms with E-state index in [1.807, 2.05) is 0 Å². The zero-order chi connectivity index (χ0) is 25.5. The fourth-order valence-electron chi connectivity index (χ4n) is 2.78. The number of amides is 1. The van der Waals surface area contributed by atoms with Gasteiger partial charge in [-0.05, 0) is 50.3 Å². The van der Waals surface area contributed by atoms with Gasteiger partial charge in [-0.3, -0.25) is 14.5 Å². The quantitative estimate of drug-likeness (QED) is 0.269. The first kappa shape index (κ1) is 27.0. The summed E-state index contributed by atoms with van der Waals surface area (Å²) in [7, 11) is 0. The molecule has 9 nitrogen and oxygen atoms in total. The van der Waals surface area contributed by atoms with Crippen molar-refractivity contribution in [3.63, 3.8) is 0 Å². The fraction of sp³-hybridized carbons (Fsp3) is 0.238. The number of hydrogen-bond donors (Lipinski definition) is 2. The lowest BCUT2D eigenvalue weighted by Crippen LogP contribution is -2.34. The summed E-state index contributed by atoms with van der Waals surface area (Å²) in [5.74, 6) is -1.94. The SMILES string of the molecule is CCOC(=O)CN1C(=O)C(=C(C(=O)OCC)c2csc(NC(=S)Nc3ccc(Cl)cc3)n2)SC1=S. The van der Waals surface area contributed by atoms with Gasteiger partial charge in [0.2, 0.25) is 0 Å². The second-order valence-corrected chi connectivity index (χ2v) is 9.96. The summed E-state index contributed by atoms with van der Waals surface area (Å²) in [6.45, 7) is 3.21. The maximum absolute atomic E-state index is 13.1. The van der Waals surface area contributed by atoms with Crippen LogP contribution < -0.4 is 10.6 Å². The highest BCUT2D eigenvalue weighted by atomic mass is 35.5. The molecular formula is C21H19ClN4O5S4. The van der Waals surface area contributed by atoms with Crippen molar-refractivity contribution in [2.75, 3.05) is 30.4 Å². The van der Waals surface area contributed by atoms with Crippen LogP contribution in [0.25, 0.3) is 5.57 Å². The molecule has 0 aliphatic carbocycles. The largest absolute Gasteiger partial charge is 0.465 e. The number of nitrogens with zero attached hydrogens (tertiary/aromatic N) is 2. The van der Waals surface area contributed by atoms with Crippen molar-refractivity contribution in [3.8, 4) is 0 Å². The maximum atomic E-state index is 13.1. The Labute approximate surface area is 225 Å². The molecule has 1 saturated heterocycles. The van der Waals surface area contributed by atoms with Crippen molar-refractivity contribution < 1.29 is 23.9 Å². The first-order chi connectivity index (χ1) is 16.7. The van der Waals surface area contributed by atoms with Crippen molar-refractivity contribution in [2.24, 2.45) is 0 Å². The molecule has 0 unspecified atom stereocenters. The highest BCUT2D eigenvalue weighted by Crippen LogP contribution is 2.38. The van der Waals surface area contributed by atoms with Gasteiger partial charge < -0.3 is 20.1 Å². The molecule has 1 aliphatic heterocycles. The number of hydrogen-bond acceptors (Lipinski definition) is 10. The Morgan fingerprint density at radius 2 is 1.83 bits per heavy atom. The summed E-state index contributed by atoms with van der Waals surface area (Å²) in [6.07, 6.45) is 0. The number of esters is 2. The van der Waals surface area contributed by atoms with Crippen molar-refractivity contribution in [1.82, 2.24) is 9.88 Å². The van der Waals surface area contributed by atoms with Crippen LogP contribution >= 0.6 is 59.1 Å². The topological polar surface area (TPSA) is 110 Å². The fourth-order valence-corrected chi connectivity index (χ4v) is 5.21. The molecule has 2 heterocycles. The molecule has 3 rings (SSSR count). The Balaban J connectivity index is 1.84. The molecule has 0 spiro atoms. The molecule has 35 heavy (non-hydrogen) atoms. The molecule has 1 aromatic heterocycles. The lowest BCUT2D eigenvalue weighted by Gasteiger charge is -2.13. The number of ether oxygens (including phenoxy) is 2. The van der Waals surface area contributed by atoms with Crippen LogP contribution in [0.1, 0.15) is 19.5 Å². The molecule has 0 bridgehead atoms. The Morgan fingerprint density at radius 1 is 1.14 bits per heavy atom. The van der Waals surface area contributed by atoms with E-state index in [1.54, 1.807) is 43.5 Å². The van der Waals surface area contributed by atoms with Gasteiger partial charge in [-0.25, -0.2) is 9.78 Å². The highest BCUT2D eigenvalue weighted by molar-refractivity contribution is 8.26. The van der Waals surface area contributed by atoms with E-state index in [0.29, 0.717) is 10.2 Å². The van der Waals surface area contributed by atoms with Gasteiger partial charge in [0.05, 0.1) is 23.8 Å². The zero-order valence-corrected chi connectivity index (χ0v) is 22.5. The molecule has 1 aliphatic rings. The van der Waals surface area contributed by atoms with E-state index < -0.39 is 17.8 Å². The second-order valence-electron chi connectivity index (χ2n) is 6.61. The normalized spacial score (nSPS) is 14.5. The first-order valence-electron chi connectivity index (χ1n) is 10.1. The number of anilines is 2. The molecule has 1 amide bonds.